The van der Waals surface area contributed by atoms with Gasteiger partial charge >= 0.3 is 0 Å². The summed E-state index contributed by atoms with van der Waals surface area (Å²) in [6.45, 7) is 4.79. The maximum absolute atomic E-state index is 10.2. The molecule has 0 amide bonds. The lowest BCUT2D eigenvalue weighted by Gasteiger charge is -2.33. The van der Waals surface area contributed by atoms with Crippen LogP contribution in [0.15, 0.2) is 48.7 Å². The maximum Gasteiger partial charge on any atom is 0.120 e. The predicted molar refractivity (Wildman–Crippen MR) is 111 cm³/mol. The van der Waals surface area contributed by atoms with Crippen LogP contribution < -0.4 is 4.74 Å². The number of aryl methyl sites for hydroxylation is 1. The van der Waals surface area contributed by atoms with Gasteiger partial charge in [0.15, 0.2) is 0 Å². The van der Waals surface area contributed by atoms with Crippen LogP contribution in [-0.2, 0) is 6.54 Å². The molecule has 0 bridgehead atoms. The lowest BCUT2D eigenvalue weighted by Crippen LogP contribution is -2.34. The molecule has 2 aromatic carbocycles. The molecule has 1 unspecified atom stereocenters. The number of benzene rings is 2. The first-order valence-electron chi connectivity index (χ1n) is 9.82. The molecule has 1 aliphatic heterocycles. The largest absolute Gasteiger partial charge is 0.508 e. The first kappa shape index (κ1) is 18.6. The van der Waals surface area contributed by atoms with Crippen molar-refractivity contribution >= 4 is 0 Å². The summed E-state index contributed by atoms with van der Waals surface area (Å²) in [5, 5.41) is 17.8. The van der Waals surface area contributed by atoms with E-state index >= 15 is 0 Å². The van der Waals surface area contributed by atoms with Crippen molar-refractivity contribution in [1.29, 1.82) is 0 Å². The highest BCUT2D eigenvalue weighted by Gasteiger charge is 2.25. The molecule has 2 N–H and O–H groups in total. The van der Waals surface area contributed by atoms with E-state index in [1.165, 1.54) is 22.4 Å². The van der Waals surface area contributed by atoms with Crippen LogP contribution in [0.4, 0.5) is 0 Å². The minimum atomic E-state index is 0.324. The first-order chi connectivity index (χ1) is 13.6. The zero-order valence-corrected chi connectivity index (χ0v) is 16.5. The highest BCUT2D eigenvalue weighted by Crippen LogP contribution is 2.34. The second kappa shape index (κ2) is 8.07. The summed E-state index contributed by atoms with van der Waals surface area (Å²) in [5.74, 6) is 1.50. The minimum Gasteiger partial charge on any atom is -0.508 e. The summed E-state index contributed by atoms with van der Waals surface area (Å²) in [7, 11) is 1.65. The van der Waals surface area contributed by atoms with E-state index in [0.717, 1.165) is 37.2 Å². The molecule has 1 fully saturated rings. The Kier molecular flexibility index (Phi) is 5.35. The predicted octanol–water partition coefficient (Wildman–Crippen LogP) is 4.48. The van der Waals surface area contributed by atoms with Crippen molar-refractivity contribution in [3.05, 3.63) is 65.5 Å². The number of ether oxygens (including phenoxy) is 1. The molecule has 5 heteroatoms. The Morgan fingerprint density at radius 2 is 2.04 bits per heavy atom. The molecule has 0 radical (unpaired) electrons. The van der Waals surface area contributed by atoms with Crippen molar-refractivity contribution in [3.8, 4) is 22.6 Å². The number of aromatic hydroxyl groups is 1. The molecular formula is C23H27N3O2. The van der Waals surface area contributed by atoms with Crippen LogP contribution in [-0.4, -0.2) is 40.4 Å². The Morgan fingerprint density at radius 3 is 2.82 bits per heavy atom. The van der Waals surface area contributed by atoms with Crippen LogP contribution in [0, 0.1) is 6.92 Å². The second-order valence-electron chi connectivity index (χ2n) is 7.63. The van der Waals surface area contributed by atoms with E-state index in [4.69, 9.17) is 4.74 Å². The zero-order chi connectivity index (χ0) is 19.5. The molecule has 3 aromatic rings. The lowest BCUT2D eigenvalue weighted by atomic mass is 9.90. The Morgan fingerprint density at radius 1 is 1.21 bits per heavy atom. The average Bonchev–Trinajstić information content (AvgIpc) is 3.20. The van der Waals surface area contributed by atoms with Crippen LogP contribution >= 0.6 is 0 Å². The topological polar surface area (TPSA) is 61.4 Å². The van der Waals surface area contributed by atoms with Gasteiger partial charge in [-0.05, 0) is 50.1 Å². The van der Waals surface area contributed by atoms with Gasteiger partial charge in [0, 0.05) is 35.8 Å². The first-order valence-corrected chi connectivity index (χ1v) is 9.82. The summed E-state index contributed by atoms with van der Waals surface area (Å²) in [5.41, 5.74) is 5.77. The van der Waals surface area contributed by atoms with Gasteiger partial charge in [-0.15, -0.1) is 0 Å². The minimum absolute atomic E-state index is 0.324. The van der Waals surface area contributed by atoms with E-state index in [2.05, 4.69) is 46.3 Å². The molecule has 28 heavy (non-hydrogen) atoms. The van der Waals surface area contributed by atoms with Gasteiger partial charge in [0.1, 0.15) is 11.5 Å². The van der Waals surface area contributed by atoms with Crippen molar-refractivity contribution in [2.24, 2.45) is 0 Å². The quantitative estimate of drug-likeness (QED) is 0.688. The molecular weight excluding hydrogens is 350 g/mol. The normalized spacial score (nSPS) is 17.6. The lowest BCUT2D eigenvalue weighted by molar-refractivity contribution is 0.196. The number of hydrogen-bond acceptors (Lipinski definition) is 4. The van der Waals surface area contributed by atoms with Crippen molar-refractivity contribution in [1.82, 2.24) is 15.1 Å². The van der Waals surface area contributed by atoms with Gasteiger partial charge in [0.05, 0.1) is 13.3 Å². The second-order valence-corrected chi connectivity index (χ2v) is 7.63. The number of phenolic OH excluding ortho intramolecular Hbond substituents is 1. The number of aromatic amines is 1. The van der Waals surface area contributed by atoms with Crippen LogP contribution in [0.5, 0.6) is 11.5 Å². The van der Waals surface area contributed by atoms with Crippen molar-refractivity contribution in [2.75, 3.05) is 20.2 Å². The number of hydrogen-bond donors (Lipinski definition) is 2. The van der Waals surface area contributed by atoms with E-state index in [1.807, 2.05) is 12.3 Å². The number of phenols is 1. The fourth-order valence-corrected chi connectivity index (χ4v) is 4.06. The van der Waals surface area contributed by atoms with Gasteiger partial charge in [-0.3, -0.25) is 10.00 Å². The SMILES string of the molecule is COc1ccc(O)c(CN2CCCC(c3[nH]ncc3-c3ccc(C)cc3)C2)c1. The molecule has 4 rings (SSSR count). The average molecular weight is 377 g/mol. The Bertz CT molecular complexity index is 933. The molecule has 0 spiro atoms. The molecule has 0 saturated carbocycles. The highest BCUT2D eigenvalue weighted by molar-refractivity contribution is 5.66. The molecule has 1 saturated heterocycles. The van der Waals surface area contributed by atoms with Gasteiger partial charge < -0.3 is 9.84 Å². The van der Waals surface area contributed by atoms with Crippen LogP contribution in [0.2, 0.25) is 0 Å². The number of likely N-dealkylation sites (tertiary alicyclic amines) is 1. The maximum atomic E-state index is 10.2. The van der Waals surface area contributed by atoms with Crippen LogP contribution in [0.3, 0.4) is 0 Å². The van der Waals surface area contributed by atoms with Gasteiger partial charge in [-0.1, -0.05) is 29.8 Å². The van der Waals surface area contributed by atoms with Gasteiger partial charge in [-0.25, -0.2) is 0 Å². The third-order valence-electron chi connectivity index (χ3n) is 5.63. The smallest absolute Gasteiger partial charge is 0.120 e. The number of methoxy groups -OCH3 is 1. The summed E-state index contributed by atoms with van der Waals surface area (Å²) in [4.78, 5) is 2.41. The molecule has 0 aliphatic carbocycles. The monoisotopic (exact) mass is 377 g/mol. The Hall–Kier alpha value is -2.79. The number of aromatic nitrogens is 2. The molecule has 146 valence electrons. The summed E-state index contributed by atoms with van der Waals surface area (Å²) in [6.07, 6.45) is 4.20. The summed E-state index contributed by atoms with van der Waals surface area (Å²) >= 11 is 0. The standard InChI is InChI=1S/C23H27N3O2/c1-16-5-7-17(8-6-16)21-13-24-25-23(21)18-4-3-11-26(14-18)15-19-12-20(28-2)9-10-22(19)27/h5-10,12-13,18,27H,3-4,11,14-15H2,1-2H3,(H,24,25). The van der Waals surface area contributed by atoms with E-state index in [9.17, 15) is 5.11 Å². The molecule has 5 nitrogen and oxygen atoms in total. The van der Waals surface area contributed by atoms with Crippen LogP contribution in [0.1, 0.15) is 35.6 Å². The molecule has 1 atom stereocenters. The van der Waals surface area contributed by atoms with Gasteiger partial charge in [-0.2, -0.15) is 5.10 Å². The van der Waals surface area contributed by atoms with Gasteiger partial charge in [0.25, 0.3) is 0 Å². The fraction of sp³-hybridized carbons (Fsp3) is 0.348. The number of nitrogens with one attached hydrogen (secondary N) is 1. The van der Waals surface area contributed by atoms with E-state index in [0.29, 0.717) is 18.2 Å². The fourth-order valence-electron chi connectivity index (χ4n) is 4.06. The Balaban J connectivity index is 1.52. The summed E-state index contributed by atoms with van der Waals surface area (Å²) in [6, 6.07) is 14.0. The highest BCUT2D eigenvalue weighted by atomic mass is 16.5. The summed E-state index contributed by atoms with van der Waals surface area (Å²) < 4.78 is 5.31. The third kappa shape index (κ3) is 3.90. The molecule has 2 heterocycles. The number of rotatable bonds is 5. The molecule has 1 aliphatic rings. The van der Waals surface area contributed by atoms with E-state index < -0.39 is 0 Å². The zero-order valence-electron chi connectivity index (χ0n) is 16.5. The Labute approximate surface area is 166 Å². The van der Waals surface area contributed by atoms with Crippen molar-refractivity contribution < 1.29 is 9.84 Å². The number of H-pyrrole nitrogens is 1. The number of piperidine rings is 1. The van der Waals surface area contributed by atoms with Crippen LogP contribution in [0.25, 0.3) is 11.1 Å². The van der Waals surface area contributed by atoms with Crippen molar-refractivity contribution in [2.45, 2.75) is 32.2 Å². The third-order valence-corrected chi connectivity index (χ3v) is 5.63. The van der Waals surface area contributed by atoms with Crippen molar-refractivity contribution in [3.63, 3.8) is 0 Å². The van der Waals surface area contributed by atoms with E-state index in [-0.39, 0.29) is 0 Å². The number of nitrogens with zero attached hydrogens (tertiary/aromatic N) is 2. The van der Waals surface area contributed by atoms with E-state index in [1.54, 1.807) is 19.2 Å². The van der Waals surface area contributed by atoms with Gasteiger partial charge in [0.2, 0.25) is 0 Å². The molecule has 1 aromatic heterocycles.